The molecule has 0 aromatic carbocycles. The van der Waals surface area contributed by atoms with Crippen LogP contribution in [0.1, 0.15) is 41.0 Å². The van der Waals surface area contributed by atoms with Crippen LogP contribution in [0.4, 0.5) is 0 Å². The van der Waals surface area contributed by atoms with Crippen LogP contribution in [0.25, 0.3) is 0 Å². The first-order valence-electron chi connectivity index (χ1n) is 6.36. The van der Waals surface area contributed by atoms with Gasteiger partial charge in [0.15, 0.2) is 0 Å². The maximum Gasteiger partial charge on any atom is 0.328 e. The first kappa shape index (κ1) is 15.9. The average Bonchev–Trinajstić information content (AvgIpc) is 2.22. The summed E-state index contributed by atoms with van der Waals surface area (Å²) in [5.74, 6) is 1.14. The lowest BCUT2D eigenvalue weighted by molar-refractivity contribution is 0.158. The minimum atomic E-state index is -1.58. The molecule has 1 atom stereocenters. The summed E-state index contributed by atoms with van der Waals surface area (Å²) in [6.45, 7) is 16.3. The lowest BCUT2D eigenvalue weighted by Gasteiger charge is -2.24. The topological polar surface area (TPSA) is 18.5 Å². The standard InChI is InChI=1S/C13H28O2Si/c1-7-13(8-2)16(14-9-11(3)4)15-10-12(5)6/h7,11-13,16H,1,8-10H2,2-6H3. The number of hydrogen-bond acceptors (Lipinski definition) is 2. The van der Waals surface area contributed by atoms with Gasteiger partial charge in [0.25, 0.3) is 0 Å². The summed E-state index contributed by atoms with van der Waals surface area (Å²) in [6, 6.07) is 0. The maximum atomic E-state index is 5.94. The van der Waals surface area contributed by atoms with Crippen LogP contribution in [0.5, 0.6) is 0 Å². The van der Waals surface area contributed by atoms with Gasteiger partial charge < -0.3 is 8.85 Å². The second-order valence-corrected chi connectivity index (χ2v) is 7.39. The Kier molecular flexibility index (Phi) is 8.90. The molecule has 3 heteroatoms. The fraction of sp³-hybridized carbons (Fsp3) is 0.846. The molecule has 0 amide bonds. The van der Waals surface area contributed by atoms with E-state index in [0.717, 1.165) is 19.6 Å². The van der Waals surface area contributed by atoms with Gasteiger partial charge in [0.2, 0.25) is 0 Å². The molecule has 0 heterocycles. The van der Waals surface area contributed by atoms with Crippen LogP contribution in [0, 0.1) is 11.8 Å². The summed E-state index contributed by atoms with van der Waals surface area (Å²) in [4.78, 5) is 0. The second kappa shape index (κ2) is 8.96. The van der Waals surface area contributed by atoms with Crippen LogP contribution < -0.4 is 0 Å². The number of hydrogen-bond donors (Lipinski definition) is 0. The highest BCUT2D eigenvalue weighted by Crippen LogP contribution is 2.19. The molecule has 0 spiro atoms. The fourth-order valence-electron chi connectivity index (χ4n) is 1.34. The molecule has 0 aromatic heterocycles. The van der Waals surface area contributed by atoms with E-state index in [9.17, 15) is 0 Å². The van der Waals surface area contributed by atoms with Gasteiger partial charge in [-0.2, -0.15) is 0 Å². The van der Waals surface area contributed by atoms with Crippen molar-refractivity contribution in [1.29, 1.82) is 0 Å². The Morgan fingerprint density at radius 1 is 1.06 bits per heavy atom. The Morgan fingerprint density at radius 2 is 1.50 bits per heavy atom. The Labute approximate surface area is 103 Å². The van der Waals surface area contributed by atoms with Crippen LogP contribution in [0.15, 0.2) is 12.7 Å². The van der Waals surface area contributed by atoms with Crippen LogP contribution in [-0.4, -0.2) is 22.5 Å². The summed E-state index contributed by atoms with van der Waals surface area (Å²) in [5.41, 5.74) is 0.428. The largest absolute Gasteiger partial charge is 0.396 e. The zero-order valence-electron chi connectivity index (χ0n) is 11.5. The molecule has 0 bridgehead atoms. The third-order valence-corrected chi connectivity index (χ3v) is 4.80. The molecule has 0 aliphatic rings. The minimum absolute atomic E-state index is 0.428. The van der Waals surface area contributed by atoms with Crippen molar-refractivity contribution in [3.63, 3.8) is 0 Å². The van der Waals surface area contributed by atoms with E-state index in [2.05, 4.69) is 41.2 Å². The van der Waals surface area contributed by atoms with Crippen LogP contribution in [-0.2, 0) is 8.85 Å². The molecule has 0 saturated heterocycles. The first-order valence-corrected chi connectivity index (χ1v) is 7.97. The van der Waals surface area contributed by atoms with Crippen molar-refractivity contribution < 1.29 is 8.85 Å². The molecular weight excluding hydrogens is 216 g/mol. The van der Waals surface area contributed by atoms with E-state index in [1.807, 2.05) is 6.08 Å². The Morgan fingerprint density at radius 3 is 1.75 bits per heavy atom. The summed E-state index contributed by atoms with van der Waals surface area (Å²) in [7, 11) is -1.58. The molecular formula is C13H28O2Si. The number of rotatable bonds is 9. The van der Waals surface area contributed by atoms with Gasteiger partial charge in [-0.25, -0.2) is 0 Å². The normalized spacial score (nSPS) is 13.8. The predicted octanol–water partition coefficient (Wildman–Crippen LogP) is 3.52. The van der Waals surface area contributed by atoms with Crippen molar-refractivity contribution in [3.05, 3.63) is 12.7 Å². The van der Waals surface area contributed by atoms with Gasteiger partial charge in [-0.3, -0.25) is 0 Å². The van der Waals surface area contributed by atoms with Crippen molar-refractivity contribution >= 4 is 9.28 Å². The van der Waals surface area contributed by atoms with E-state index in [1.54, 1.807) is 0 Å². The average molecular weight is 244 g/mol. The summed E-state index contributed by atoms with van der Waals surface area (Å²) in [6.07, 6.45) is 3.06. The van der Waals surface area contributed by atoms with Gasteiger partial charge in [0.05, 0.1) is 0 Å². The third-order valence-electron chi connectivity index (χ3n) is 2.31. The lowest BCUT2D eigenvalue weighted by Crippen LogP contribution is -2.31. The van der Waals surface area contributed by atoms with E-state index in [0.29, 0.717) is 17.4 Å². The summed E-state index contributed by atoms with van der Waals surface area (Å²) < 4.78 is 11.9. The highest BCUT2D eigenvalue weighted by atomic mass is 28.3. The molecule has 0 rings (SSSR count). The van der Waals surface area contributed by atoms with Crippen molar-refractivity contribution in [1.82, 2.24) is 0 Å². The molecule has 2 nitrogen and oxygen atoms in total. The predicted molar refractivity (Wildman–Crippen MR) is 73.0 cm³/mol. The van der Waals surface area contributed by atoms with E-state index in [1.165, 1.54) is 0 Å². The van der Waals surface area contributed by atoms with Crippen molar-refractivity contribution in [2.24, 2.45) is 11.8 Å². The summed E-state index contributed by atoms with van der Waals surface area (Å²) >= 11 is 0. The quantitative estimate of drug-likeness (QED) is 0.456. The smallest absolute Gasteiger partial charge is 0.328 e. The molecule has 0 N–H and O–H groups in total. The zero-order chi connectivity index (χ0) is 12.6. The first-order chi connectivity index (χ1) is 7.51. The fourth-order valence-corrected chi connectivity index (χ4v) is 3.69. The van der Waals surface area contributed by atoms with E-state index in [4.69, 9.17) is 8.85 Å². The molecule has 0 saturated carbocycles. The zero-order valence-corrected chi connectivity index (χ0v) is 12.7. The number of allylic oxidation sites excluding steroid dienone is 1. The molecule has 0 aromatic rings. The molecule has 0 aliphatic carbocycles. The van der Waals surface area contributed by atoms with E-state index in [-0.39, 0.29) is 0 Å². The van der Waals surface area contributed by atoms with Crippen molar-refractivity contribution in [2.45, 2.75) is 46.6 Å². The summed E-state index contributed by atoms with van der Waals surface area (Å²) in [5, 5.41) is 0. The van der Waals surface area contributed by atoms with Gasteiger partial charge >= 0.3 is 9.28 Å². The molecule has 96 valence electrons. The van der Waals surface area contributed by atoms with Crippen LogP contribution in [0.2, 0.25) is 5.54 Å². The van der Waals surface area contributed by atoms with Gasteiger partial charge in [0, 0.05) is 18.8 Å². The molecule has 0 fully saturated rings. The third kappa shape index (κ3) is 7.20. The maximum absolute atomic E-state index is 5.94. The highest BCUT2D eigenvalue weighted by Gasteiger charge is 2.23. The molecule has 0 radical (unpaired) electrons. The Balaban J connectivity index is 4.19. The van der Waals surface area contributed by atoms with Crippen LogP contribution >= 0.6 is 0 Å². The van der Waals surface area contributed by atoms with Gasteiger partial charge in [-0.1, -0.05) is 40.7 Å². The second-order valence-electron chi connectivity index (χ2n) is 5.13. The van der Waals surface area contributed by atoms with Crippen molar-refractivity contribution in [2.75, 3.05) is 13.2 Å². The Bertz CT molecular complexity index is 169. The van der Waals surface area contributed by atoms with Crippen LogP contribution in [0.3, 0.4) is 0 Å². The SMILES string of the molecule is C=CC(CC)[SiH](OCC(C)C)OCC(C)C. The van der Waals surface area contributed by atoms with Gasteiger partial charge in [0.1, 0.15) is 0 Å². The van der Waals surface area contributed by atoms with Gasteiger partial charge in [-0.05, 0) is 18.3 Å². The van der Waals surface area contributed by atoms with Gasteiger partial charge in [-0.15, -0.1) is 6.58 Å². The molecule has 16 heavy (non-hydrogen) atoms. The van der Waals surface area contributed by atoms with E-state index < -0.39 is 9.28 Å². The van der Waals surface area contributed by atoms with Crippen molar-refractivity contribution in [3.8, 4) is 0 Å². The highest BCUT2D eigenvalue weighted by molar-refractivity contribution is 6.47. The monoisotopic (exact) mass is 244 g/mol. The minimum Gasteiger partial charge on any atom is -0.396 e. The lowest BCUT2D eigenvalue weighted by atomic mass is 10.2. The Hall–Kier alpha value is -0.123. The molecule has 0 aliphatic heterocycles. The molecule has 1 unspecified atom stereocenters. The van der Waals surface area contributed by atoms with E-state index >= 15 is 0 Å².